The minimum absolute atomic E-state index is 0.177. The van der Waals surface area contributed by atoms with Crippen molar-refractivity contribution in [3.63, 3.8) is 0 Å². The van der Waals surface area contributed by atoms with Crippen LogP contribution in [-0.2, 0) is 26.2 Å². The van der Waals surface area contributed by atoms with Gasteiger partial charge >= 0.3 is 5.97 Å². The molecule has 0 unspecified atom stereocenters. The number of fused-ring (bicyclic) bond motifs is 2. The lowest BCUT2D eigenvalue weighted by molar-refractivity contribution is -0.139. The van der Waals surface area contributed by atoms with Gasteiger partial charge in [-0.3, -0.25) is 9.45 Å². The average Bonchev–Trinajstić information content (AvgIpc) is 3.03. The molecule has 0 saturated carbocycles. The maximum Gasteiger partial charge on any atom is 0.333 e. The van der Waals surface area contributed by atoms with Crippen molar-refractivity contribution in [1.82, 2.24) is 9.48 Å². The van der Waals surface area contributed by atoms with E-state index in [1.165, 1.54) is 6.07 Å². The lowest BCUT2D eigenvalue weighted by Gasteiger charge is -2.23. The Bertz CT molecular complexity index is 1870. The number of nitrogens with zero attached hydrogens (tertiary/aromatic N) is 3. The first-order chi connectivity index (χ1) is 21.9. The van der Waals surface area contributed by atoms with Crippen molar-refractivity contribution in [3.8, 4) is 22.5 Å². The zero-order valence-corrected chi connectivity index (χ0v) is 28.6. The van der Waals surface area contributed by atoms with E-state index in [0.29, 0.717) is 53.2 Å². The first-order valence-electron chi connectivity index (χ1n) is 15.9. The highest BCUT2D eigenvalue weighted by Crippen LogP contribution is 2.43. The van der Waals surface area contributed by atoms with E-state index in [4.69, 9.17) is 9.15 Å². The number of hydrogen-bond donors (Lipinski definition) is 1. The van der Waals surface area contributed by atoms with E-state index in [0.717, 1.165) is 48.2 Å². The molecular formula is C36H46N3O6S+. The molecule has 0 fully saturated rings. The first-order valence-corrected chi connectivity index (χ1v) is 17.4. The quantitative estimate of drug-likeness (QED) is 0.0580. The molecule has 0 bridgehead atoms. The summed E-state index contributed by atoms with van der Waals surface area (Å²) >= 11 is 0. The van der Waals surface area contributed by atoms with Gasteiger partial charge in [0.15, 0.2) is 0 Å². The maximum absolute atomic E-state index is 13.0. The Labute approximate surface area is 272 Å². The van der Waals surface area contributed by atoms with Crippen LogP contribution in [0.1, 0.15) is 47.1 Å². The van der Waals surface area contributed by atoms with Gasteiger partial charge in [-0.1, -0.05) is 25.6 Å². The Hall–Kier alpha value is -3.99. The number of esters is 1. The van der Waals surface area contributed by atoms with Crippen molar-refractivity contribution in [3.05, 3.63) is 77.7 Å². The molecule has 0 radical (unpaired) electrons. The van der Waals surface area contributed by atoms with Crippen LogP contribution in [0.25, 0.3) is 33.4 Å². The molecule has 46 heavy (non-hydrogen) atoms. The monoisotopic (exact) mass is 648 g/mol. The van der Waals surface area contributed by atoms with E-state index in [1.54, 1.807) is 13.0 Å². The molecule has 1 aliphatic carbocycles. The summed E-state index contributed by atoms with van der Waals surface area (Å²) in [6.45, 7) is 20.6. The van der Waals surface area contributed by atoms with E-state index in [1.807, 2.05) is 54.3 Å². The van der Waals surface area contributed by atoms with Gasteiger partial charge in [-0.2, -0.15) is 8.42 Å². The van der Waals surface area contributed by atoms with Crippen molar-refractivity contribution in [1.29, 1.82) is 0 Å². The van der Waals surface area contributed by atoms with E-state index >= 15 is 0 Å². The minimum atomic E-state index is -4.63. The Morgan fingerprint density at radius 1 is 0.935 bits per heavy atom. The summed E-state index contributed by atoms with van der Waals surface area (Å²) in [5.74, 6) is 0.173. The number of benzene rings is 3. The van der Waals surface area contributed by atoms with Gasteiger partial charge in [0.25, 0.3) is 10.1 Å². The van der Waals surface area contributed by atoms with E-state index in [9.17, 15) is 17.8 Å². The number of likely N-dealkylation sites (N-methyl/N-ethyl adjacent to an activating group) is 1. The summed E-state index contributed by atoms with van der Waals surface area (Å²) < 4.78 is 50.6. The zero-order chi connectivity index (χ0) is 33.6. The predicted octanol–water partition coefficient (Wildman–Crippen LogP) is 6.05. The normalized spacial score (nSPS) is 11.7. The van der Waals surface area contributed by atoms with Crippen LogP contribution in [0.3, 0.4) is 0 Å². The molecule has 1 heterocycles. The zero-order valence-electron chi connectivity index (χ0n) is 27.8. The number of ether oxygens (including phenoxy) is 1. The summed E-state index contributed by atoms with van der Waals surface area (Å²) in [5.41, 5.74) is 4.46. The Kier molecular flexibility index (Phi) is 11.4. The average molecular weight is 649 g/mol. The summed E-state index contributed by atoms with van der Waals surface area (Å²) in [5, 5.41) is 1.75. The SMILES string of the molecule is C=C(C)C(=O)OCCN(CC)Cc1ccc(-c2c3ccc(=[N+](CC)CC)cc-3oc3cc(N(CC)CC)ccc23)c(S(=O)(=O)O)c1. The fraction of sp³-hybridized carbons (Fsp3) is 0.389. The second-order valence-electron chi connectivity index (χ2n) is 11.3. The summed E-state index contributed by atoms with van der Waals surface area (Å²) in [7, 11) is -4.63. The van der Waals surface area contributed by atoms with E-state index < -0.39 is 16.1 Å². The standard InChI is InChI=1S/C36H45N3O6S/c1-8-37(19-20-44-36(40)25(6)7)24-26-13-16-31(34(21-26)46(41,42)43)35-29-17-14-27(38(9-2)10-3)22-32(29)45-33-23-28(15-18-30(33)35)39(11-4)12-5/h13-18,21-23H,6,8-12,19-20,24H2,1-5,7H3/p+1. The molecule has 2 aromatic carbocycles. The van der Waals surface area contributed by atoms with Gasteiger partial charge < -0.3 is 14.1 Å². The molecule has 0 aromatic heterocycles. The number of carbonyl (C=O) groups is 1. The van der Waals surface area contributed by atoms with E-state index in [-0.39, 0.29) is 11.5 Å². The van der Waals surface area contributed by atoms with Crippen LogP contribution in [0.5, 0.6) is 0 Å². The number of anilines is 1. The topological polar surface area (TPSA) is 103 Å². The van der Waals surface area contributed by atoms with E-state index in [2.05, 4.69) is 43.7 Å². The highest BCUT2D eigenvalue weighted by atomic mass is 32.2. The Morgan fingerprint density at radius 3 is 2.24 bits per heavy atom. The van der Waals surface area contributed by atoms with Gasteiger partial charge in [-0.25, -0.2) is 9.37 Å². The van der Waals surface area contributed by atoms with Crippen LogP contribution in [0.4, 0.5) is 5.69 Å². The number of hydrogen-bond acceptors (Lipinski definition) is 7. The van der Waals surface area contributed by atoms with Crippen molar-refractivity contribution in [2.45, 2.75) is 53.0 Å². The molecule has 1 N–H and O–H groups in total. The highest BCUT2D eigenvalue weighted by Gasteiger charge is 2.25. The van der Waals surface area contributed by atoms with Gasteiger partial charge in [-0.15, -0.1) is 0 Å². The summed E-state index contributed by atoms with van der Waals surface area (Å²) in [4.78, 5) is 15.9. The third kappa shape index (κ3) is 7.68. The predicted molar refractivity (Wildman–Crippen MR) is 185 cm³/mol. The van der Waals surface area contributed by atoms with Crippen molar-refractivity contribution in [2.75, 3.05) is 50.8 Å². The molecule has 2 aromatic rings. The smallest absolute Gasteiger partial charge is 0.333 e. The summed E-state index contributed by atoms with van der Waals surface area (Å²) in [6, 6.07) is 17.1. The largest absolute Gasteiger partial charge is 0.461 e. The summed E-state index contributed by atoms with van der Waals surface area (Å²) in [6.07, 6.45) is 0. The van der Waals surface area contributed by atoms with Crippen LogP contribution in [-0.4, -0.2) is 69.7 Å². The highest BCUT2D eigenvalue weighted by molar-refractivity contribution is 7.86. The molecule has 4 rings (SSSR count). The molecule has 9 nitrogen and oxygen atoms in total. The van der Waals surface area contributed by atoms with Gasteiger partial charge in [-0.05, 0) is 71.0 Å². The Morgan fingerprint density at radius 2 is 1.63 bits per heavy atom. The van der Waals surface area contributed by atoms with Gasteiger partial charge in [0.05, 0.1) is 6.07 Å². The lowest BCUT2D eigenvalue weighted by atomic mass is 9.92. The van der Waals surface area contributed by atoms with Crippen molar-refractivity contribution < 1.29 is 26.9 Å². The minimum Gasteiger partial charge on any atom is -0.461 e. The van der Waals surface area contributed by atoms with Crippen LogP contribution in [0, 0.1) is 0 Å². The number of carbonyl (C=O) groups excluding carboxylic acids is 1. The third-order valence-corrected chi connectivity index (χ3v) is 9.28. The van der Waals surface area contributed by atoms with Crippen LogP contribution >= 0.6 is 0 Å². The van der Waals surface area contributed by atoms with Crippen LogP contribution in [0.15, 0.2) is 76.1 Å². The van der Waals surface area contributed by atoms with Gasteiger partial charge in [0, 0.05) is 71.6 Å². The van der Waals surface area contributed by atoms with Crippen molar-refractivity contribution in [2.24, 2.45) is 0 Å². The van der Waals surface area contributed by atoms with Crippen LogP contribution < -0.4 is 14.8 Å². The molecule has 0 atom stereocenters. The second kappa shape index (κ2) is 15.1. The van der Waals surface area contributed by atoms with Gasteiger partial charge in [0.1, 0.15) is 35.9 Å². The molecular weight excluding hydrogens is 602 g/mol. The molecule has 246 valence electrons. The van der Waals surface area contributed by atoms with Crippen LogP contribution in [0.2, 0.25) is 0 Å². The fourth-order valence-corrected chi connectivity index (χ4v) is 6.56. The molecule has 2 aliphatic rings. The lowest BCUT2D eigenvalue weighted by Crippen LogP contribution is -2.29. The van der Waals surface area contributed by atoms with Gasteiger partial charge in [0.2, 0.25) is 5.36 Å². The molecule has 1 aliphatic heterocycles. The molecule has 0 saturated heterocycles. The molecule has 0 amide bonds. The fourth-order valence-electron chi connectivity index (χ4n) is 5.81. The number of rotatable bonds is 14. The molecule has 0 spiro atoms. The third-order valence-electron chi connectivity index (χ3n) is 8.38. The van der Waals surface area contributed by atoms with Crippen molar-refractivity contribution >= 4 is 32.7 Å². The maximum atomic E-state index is 13.0. The molecule has 10 heteroatoms. The Balaban J connectivity index is 1.91. The first kappa shape index (κ1) is 34.9. The second-order valence-corrected chi connectivity index (χ2v) is 12.7.